The molecule has 1 heterocycles. The summed E-state index contributed by atoms with van der Waals surface area (Å²) in [5.74, 6) is -0.770. The van der Waals surface area contributed by atoms with Crippen molar-refractivity contribution in [1.29, 1.82) is 5.26 Å². The van der Waals surface area contributed by atoms with Gasteiger partial charge in [0.05, 0.1) is 18.9 Å². The highest BCUT2D eigenvalue weighted by molar-refractivity contribution is 6.29. The molecule has 0 aliphatic heterocycles. The number of esters is 1. The van der Waals surface area contributed by atoms with Gasteiger partial charge in [-0.25, -0.2) is 9.78 Å². The van der Waals surface area contributed by atoms with E-state index in [4.69, 9.17) is 16.9 Å². The second-order valence-corrected chi connectivity index (χ2v) is 5.72. The van der Waals surface area contributed by atoms with Gasteiger partial charge in [0.1, 0.15) is 5.88 Å². The topological polar surface area (TPSA) is 104 Å². The van der Waals surface area contributed by atoms with Crippen molar-refractivity contribution in [3.05, 3.63) is 17.8 Å². The highest BCUT2D eigenvalue weighted by Crippen LogP contribution is 2.48. The Bertz CT molecular complexity index is 653. The average molecular weight is 337 g/mol. The van der Waals surface area contributed by atoms with Crippen LogP contribution < -0.4 is 10.6 Å². The van der Waals surface area contributed by atoms with Crippen LogP contribution in [0.1, 0.15) is 29.8 Å². The van der Waals surface area contributed by atoms with Crippen molar-refractivity contribution in [1.82, 2.24) is 4.98 Å². The number of carbonyl (C=O) groups excluding carboxylic acids is 2. The van der Waals surface area contributed by atoms with Gasteiger partial charge in [0.25, 0.3) is 0 Å². The summed E-state index contributed by atoms with van der Waals surface area (Å²) in [5.41, 5.74) is 0.505. The van der Waals surface area contributed by atoms with Crippen LogP contribution in [0, 0.1) is 16.7 Å². The molecule has 2 N–H and O–H groups in total. The van der Waals surface area contributed by atoms with E-state index in [0.717, 1.165) is 12.8 Å². The van der Waals surface area contributed by atoms with Gasteiger partial charge in [0.2, 0.25) is 5.91 Å². The van der Waals surface area contributed by atoms with Crippen molar-refractivity contribution in [2.45, 2.75) is 19.3 Å². The zero-order chi connectivity index (χ0) is 16.9. The van der Waals surface area contributed by atoms with E-state index in [1.165, 1.54) is 13.2 Å². The van der Waals surface area contributed by atoms with E-state index in [2.05, 4.69) is 26.4 Å². The van der Waals surface area contributed by atoms with Gasteiger partial charge in [0, 0.05) is 18.4 Å². The average Bonchev–Trinajstić information content (AvgIpc) is 3.33. The van der Waals surface area contributed by atoms with Crippen molar-refractivity contribution in [2.24, 2.45) is 5.41 Å². The van der Waals surface area contributed by atoms with Crippen LogP contribution in [-0.2, 0) is 9.53 Å². The van der Waals surface area contributed by atoms with E-state index in [1.807, 2.05) is 0 Å². The van der Waals surface area contributed by atoms with Crippen LogP contribution in [0.5, 0.6) is 0 Å². The smallest absolute Gasteiger partial charge is 0.356 e. The number of amides is 1. The molecule has 1 aromatic heterocycles. The third-order valence-corrected chi connectivity index (χ3v) is 3.97. The Balaban J connectivity index is 2.19. The largest absolute Gasteiger partial charge is 0.464 e. The maximum atomic E-state index is 11.6. The van der Waals surface area contributed by atoms with Crippen molar-refractivity contribution >= 4 is 35.0 Å². The number of hydrogen-bond acceptors (Lipinski definition) is 6. The maximum Gasteiger partial charge on any atom is 0.356 e. The van der Waals surface area contributed by atoms with Crippen LogP contribution in [0.3, 0.4) is 0 Å². The molecule has 122 valence electrons. The molecule has 1 amide bonds. The number of aromatic nitrogens is 1. The number of ether oxygens (including phenoxy) is 1. The summed E-state index contributed by atoms with van der Waals surface area (Å²) in [4.78, 5) is 27.3. The van der Waals surface area contributed by atoms with Crippen LogP contribution >= 0.6 is 11.6 Å². The standard InChI is InChI=1S/C15H17ClN4O3/c1-23-14(22)11-3-2-10(19-12(21)8-16)13(20-11)18-9-15(4-5-15)6-7-17/h2-3H,4-6,8-9H2,1H3,(H,18,20)(H,19,21). The molecule has 8 heteroatoms. The Hall–Kier alpha value is -2.33. The highest BCUT2D eigenvalue weighted by Gasteiger charge is 2.42. The van der Waals surface area contributed by atoms with E-state index in [0.29, 0.717) is 24.5 Å². The molecule has 0 spiro atoms. The molecule has 2 rings (SSSR count). The number of rotatable bonds is 7. The lowest BCUT2D eigenvalue weighted by molar-refractivity contribution is -0.113. The number of hydrogen-bond donors (Lipinski definition) is 2. The summed E-state index contributed by atoms with van der Waals surface area (Å²) in [6, 6.07) is 5.21. The van der Waals surface area contributed by atoms with Crippen molar-refractivity contribution in [2.75, 3.05) is 30.2 Å². The number of nitrogens with one attached hydrogen (secondary N) is 2. The lowest BCUT2D eigenvalue weighted by atomic mass is 10.0. The summed E-state index contributed by atoms with van der Waals surface area (Å²) >= 11 is 5.50. The first-order valence-corrected chi connectivity index (χ1v) is 7.63. The van der Waals surface area contributed by atoms with Crippen molar-refractivity contribution < 1.29 is 14.3 Å². The minimum absolute atomic E-state index is 0.0501. The highest BCUT2D eigenvalue weighted by atomic mass is 35.5. The first-order valence-electron chi connectivity index (χ1n) is 7.09. The Morgan fingerprint density at radius 3 is 2.78 bits per heavy atom. The molecule has 1 fully saturated rings. The molecule has 23 heavy (non-hydrogen) atoms. The van der Waals surface area contributed by atoms with E-state index in [1.54, 1.807) is 6.07 Å². The van der Waals surface area contributed by atoms with Gasteiger partial charge in [-0.2, -0.15) is 5.26 Å². The third kappa shape index (κ3) is 4.33. The molecule has 1 aromatic rings. The van der Waals surface area contributed by atoms with E-state index < -0.39 is 5.97 Å². The molecule has 0 aromatic carbocycles. The number of nitriles is 1. The molecule has 0 atom stereocenters. The van der Waals surface area contributed by atoms with Crippen LogP contribution in [-0.4, -0.2) is 36.4 Å². The SMILES string of the molecule is COC(=O)c1ccc(NC(=O)CCl)c(NCC2(CC#N)CC2)n1. The first kappa shape index (κ1) is 17.0. The minimum atomic E-state index is -0.568. The zero-order valence-corrected chi connectivity index (χ0v) is 13.4. The van der Waals surface area contributed by atoms with E-state index >= 15 is 0 Å². The Morgan fingerprint density at radius 2 is 2.22 bits per heavy atom. The number of nitrogens with zero attached hydrogens (tertiary/aromatic N) is 2. The fourth-order valence-corrected chi connectivity index (χ4v) is 2.20. The van der Waals surface area contributed by atoms with Crippen LogP contribution in [0.4, 0.5) is 11.5 Å². The molecule has 0 unspecified atom stereocenters. The number of carbonyl (C=O) groups is 2. The second-order valence-electron chi connectivity index (χ2n) is 5.45. The third-order valence-electron chi connectivity index (χ3n) is 3.73. The Morgan fingerprint density at radius 1 is 1.48 bits per heavy atom. The lowest BCUT2D eigenvalue weighted by Crippen LogP contribution is -2.20. The zero-order valence-electron chi connectivity index (χ0n) is 12.7. The Kier molecular flexibility index (Phi) is 5.40. The fourth-order valence-electron chi connectivity index (χ4n) is 2.13. The molecular formula is C15H17ClN4O3. The molecule has 1 saturated carbocycles. The number of methoxy groups -OCH3 is 1. The molecule has 0 saturated heterocycles. The van der Waals surface area contributed by atoms with Gasteiger partial charge >= 0.3 is 5.97 Å². The summed E-state index contributed by atoms with van der Waals surface area (Å²) in [6.07, 6.45) is 2.39. The summed E-state index contributed by atoms with van der Waals surface area (Å²) in [6.45, 7) is 0.544. The normalized spacial score (nSPS) is 14.5. The van der Waals surface area contributed by atoms with E-state index in [-0.39, 0.29) is 22.9 Å². The molecule has 7 nitrogen and oxygen atoms in total. The molecule has 1 aliphatic rings. The number of halogens is 1. The number of pyridine rings is 1. The molecular weight excluding hydrogens is 320 g/mol. The van der Waals surface area contributed by atoms with Gasteiger partial charge in [-0.1, -0.05) is 0 Å². The second kappa shape index (κ2) is 7.29. The number of anilines is 2. The summed E-state index contributed by atoms with van der Waals surface area (Å²) in [5, 5.41) is 14.6. The van der Waals surface area contributed by atoms with Gasteiger partial charge < -0.3 is 15.4 Å². The van der Waals surface area contributed by atoms with Gasteiger partial charge in [-0.15, -0.1) is 11.6 Å². The molecule has 0 radical (unpaired) electrons. The van der Waals surface area contributed by atoms with Gasteiger partial charge in [-0.3, -0.25) is 4.79 Å². The molecule has 0 bridgehead atoms. The predicted octanol–water partition coefficient (Wildman–Crippen LogP) is 2.15. The first-order chi connectivity index (χ1) is 11.0. The minimum Gasteiger partial charge on any atom is -0.464 e. The van der Waals surface area contributed by atoms with Crippen molar-refractivity contribution in [3.63, 3.8) is 0 Å². The summed E-state index contributed by atoms with van der Waals surface area (Å²) < 4.78 is 4.65. The van der Waals surface area contributed by atoms with Crippen molar-refractivity contribution in [3.8, 4) is 6.07 Å². The monoisotopic (exact) mass is 336 g/mol. The van der Waals surface area contributed by atoms with Gasteiger partial charge in [-0.05, 0) is 25.0 Å². The van der Waals surface area contributed by atoms with Gasteiger partial charge in [0.15, 0.2) is 11.5 Å². The number of alkyl halides is 1. The van der Waals surface area contributed by atoms with Crippen LogP contribution in [0.25, 0.3) is 0 Å². The predicted molar refractivity (Wildman–Crippen MR) is 85.3 cm³/mol. The molecule has 1 aliphatic carbocycles. The lowest BCUT2D eigenvalue weighted by Gasteiger charge is -2.16. The Labute approximate surface area is 139 Å². The quantitative estimate of drug-likeness (QED) is 0.584. The summed E-state index contributed by atoms with van der Waals surface area (Å²) in [7, 11) is 1.27. The van der Waals surface area contributed by atoms with E-state index in [9.17, 15) is 9.59 Å². The van der Waals surface area contributed by atoms with Crippen LogP contribution in [0.15, 0.2) is 12.1 Å². The van der Waals surface area contributed by atoms with Crippen LogP contribution in [0.2, 0.25) is 0 Å². The maximum absolute atomic E-state index is 11.6. The fraction of sp³-hybridized carbons (Fsp3) is 0.467.